The van der Waals surface area contributed by atoms with Gasteiger partial charge in [0.1, 0.15) is 24.4 Å². The lowest BCUT2D eigenvalue weighted by Crippen LogP contribution is -2.54. The van der Waals surface area contributed by atoms with Gasteiger partial charge in [-0.1, -0.05) is 56.3 Å². The van der Waals surface area contributed by atoms with Crippen LogP contribution in [-0.4, -0.2) is 42.3 Å². The van der Waals surface area contributed by atoms with Crippen molar-refractivity contribution >= 4 is 18.0 Å². The van der Waals surface area contributed by atoms with Gasteiger partial charge in [-0.05, 0) is 29.2 Å². The second-order valence-electron chi connectivity index (χ2n) is 7.38. The fourth-order valence-corrected chi connectivity index (χ4v) is 2.89. The van der Waals surface area contributed by atoms with Gasteiger partial charge in [-0.3, -0.25) is 4.79 Å². The normalized spacial score (nSPS) is 12.5. The van der Waals surface area contributed by atoms with Gasteiger partial charge in [0.15, 0.2) is 0 Å². The number of aromatic hydroxyl groups is 1. The number of benzene rings is 2. The van der Waals surface area contributed by atoms with E-state index in [1.54, 1.807) is 26.0 Å². The number of carbonyl (C=O) groups is 3. The molecule has 0 aliphatic rings. The first-order valence-electron chi connectivity index (χ1n) is 9.93. The molecule has 2 aromatic carbocycles. The van der Waals surface area contributed by atoms with Gasteiger partial charge in [0.2, 0.25) is 5.91 Å². The number of rotatable bonds is 9. The summed E-state index contributed by atoms with van der Waals surface area (Å²) in [6.07, 6.45) is -0.562. The first-order chi connectivity index (χ1) is 14.8. The minimum Gasteiger partial charge on any atom is -0.508 e. The van der Waals surface area contributed by atoms with Crippen LogP contribution in [0.4, 0.5) is 4.79 Å². The molecule has 0 bridgehead atoms. The number of esters is 1. The predicted molar refractivity (Wildman–Crippen MR) is 114 cm³/mol. The van der Waals surface area contributed by atoms with Crippen molar-refractivity contribution in [3.8, 4) is 5.75 Å². The zero-order valence-corrected chi connectivity index (χ0v) is 17.8. The van der Waals surface area contributed by atoms with E-state index in [0.717, 1.165) is 11.1 Å². The number of hydrogen-bond donors (Lipinski definition) is 3. The van der Waals surface area contributed by atoms with E-state index in [0.29, 0.717) is 0 Å². The van der Waals surface area contributed by atoms with Gasteiger partial charge in [-0.2, -0.15) is 0 Å². The second kappa shape index (κ2) is 11.6. The molecular formula is C23H28N2O6. The van der Waals surface area contributed by atoms with E-state index in [9.17, 15) is 19.5 Å². The lowest BCUT2D eigenvalue weighted by Gasteiger charge is -2.24. The van der Waals surface area contributed by atoms with E-state index >= 15 is 0 Å². The summed E-state index contributed by atoms with van der Waals surface area (Å²) in [6.45, 7) is 3.62. The van der Waals surface area contributed by atoms with E-state index in [4.69, 9.17) is 9.47 Å². The van der Waals surface area contributed by atoms with Crippen molar-refractivity contribution in [1.29, 1.82) is 0 Å². The standard InChI is InChI=1S/C23H28N2O6/c1-15(2)20(25-23(29)31-14-17-7-5-4-6-8-17)21(27)24-19(22(28)30-3)13-16-9-11-18(26)12-10-16/h4-12,15,19-20,26H,13-14H2,1-3H3,(H,24,27)(H,25,29)/t19-,20-/m0/s1. The van der Waals surface area contributed by atoms with Crippen LogP contribution < -0.4 is 10.6 Å². The van der Waals surface area contributed by atoms with Crippen LogP contribution in [0.3, 0.4) is 0 Å². The summed E-state index contributed by atoms with van der Waals surface area (Å²) in [4.78, 5) is 37.2. The van der Waals surface area contributed by atoms with Crippen LogP contribution in [0.15, 0.2) is 54.6 Å². The molecule has 166 valence electrons. The lowest BCUT2D eigenvalue weighted by atomic mass is 10.0. The molecule has 31 heavy (non-hydrogen) atoms. The maximum Gasteiger partial charge on any atom is 0.408 e. The molecule has 0 aliphatic carbocycles. The Morgan fingerprint density at radius 2 is 1.58 bits per heavy atom. The van der Waals surface area contributed by atoms with Gasteiger partial charge in [0.25, 0.3) is 0 Å². The zero-order chi connectivity index (χ0) is 22.8. The van der Waals surface area contributed by atoms with Crippen molar-refractivity contribution in [2.45, 2.75) is 39.0 Å². The molecule has 8 nitrogen and oxygen atoms in total. The number of methoxy groups -OCH3 is 1. The smallest absolute Gasteiger partial charge is 0.408 e. The van der Waals surface area contributed by atoms with Gasteiger partial charge < -0.3 is 25.2 Å². The Labute approximate surface area is 181 Å². The maximum absolute atomic E-state index is 12.8. The lowest BCUT2D eigenvalue weighted by molar-refractivity contribution is -0.145. The van der Waals surface area contributed by atoms with Crippen LogP contribution in [0.1, 0.15) is 25.0 Å². The van der Waals surface area contributed by atoms with E-state index in [1.165, 1.54) is 19.2 Å². The van der Waals surface area contributed by atoms with E-state index in [2.05, 4.69) is 10.6 Å². The fraction of sp³-hybridized carbons (Fsp3) is 0.348. The third-order valence-electron chi connectivity index (χ3n) is 4.61. The molecule has 0 aromatic heterocycles. The highest BCUT2D eigenvalue weighted by Gasteiger charge is 2.29. The third-order valence-corrected chi connectivity index (χ3v) is 4.61. The van der Waals surface area contributed by atoms with Gasteiger partial charge in [0.05, 0.1) is 7.11 Å². The van der Waals surface area contributed by atoms with Gasteiger partial charge in [-0.15, -0.1) is 0 Å². The topological polar surface area (TPSA) is 114 Å². The van der Waals surface area contributed by atoms with Crippen LogP contribution in [0.2, 0.25) is 0 Å². The molecule has 0 aliphatic heterocycles. The maximum atomic E-state index is 12.8. The number of carbonyl (C=O) groups excluding carboxylic acids is 3. The SMILES string of the molecule is COC(=O)[C@H](Cc1ccc(O)cc1)NC(=O)[C@@H](NC(=O)OCc1ccccc1)C(C)C. The van der Waals surface area contributed by atoms with Crippen LogP contribution in [-0.2, 0) is 32.1 Å². The Morgan fingerprint density at radius 3 is 2.16 bits per heavy atom. The number of alkyl carbamates (subject to hydrolysis) is 1. The summed E-state index contributed by atoms with van der Waals surface area (Å²) in [5.74, 6) is -1.30. The third kappa shape index (κ3) is 7.65. The Morgan fingerprint density at radius 1 is 0.935 bits per heavy atom. The number of phenolic OH excluding ortho intramolecular Hbond substituents is 1. The molecule has 0 saturated heterocycles. The Bertz CT molecular complexity index is 867. The molecule has 2 aromatic rings. The van der Waals surface area contributed by atoms with Gasteiger partial charge in [0, 0.05) is 6.42 Å². The number of ether oxygens (including phenoxy) is 2. The van der Waals surface area contributed by atoms with Crippen LogP contribution >= 0.6 is 0 Å². The second-order valence-corrected chi connectivity index (χ2v) is 7.38. The van der Waals surface area contributed by atoms with Crippen molar-refractivity contribution in [2.24, 2.45) is 5.92 Å². The summed E-state index contributed by atoms with van der Waals surface area (Å²) in [7, 11) is 1.23. The molecule has 0 spiro atoms. The van der Waals surface area contributed by atoms with E-state index < -0.39 is 30.1 Å². The number of amides is 2. The highest BCUT2D eigenvalue weighted by molar-refractivity contribution is 5.90. The summed E-state index contributed by atoms with van der Waals surface area (Å²) in [6, 6.07) is 13.6. The van der Waals surface area contributed by atoms with Gasteiger partial charge >= 0.3 is 12.1 Å². The van der Waals surface area contributed by atoms with Gasteiger partial charge in [-0.25, -0.2) is 9.59 Å². The van der Waals surface area contributed by atoms with Crippen molar-refractivity contribution in [3.05, 3.63) is 65.7 Å². The first-order valence-corrected chi connectivity index (χ1v) is 9.93. The highest BCUT2D eigenvalue weighted by atomic mass is 16.5. The molecule has 0 unspecified atom stereocenters. The van der Waals surface area contributed by atoms with Crippen LogP contribution in [0.5, 0.6) is 5.75 Å². The van der Waals surface area contributed by atoms with Crippen molar-refractivity contribution in [2.75, 3.05) is 7.11 Å². The summed E-state index contributed by atoms with van der Waals surface area (Å²) < 4.78 is 10.00. The molecule has 2 amide bonds. The molecule has 3 N–H and O–H groups in total. The van der Waals surface area contributed by atoms with E-state index in [-0.39, 0.29) is 24.7 Å². The average molecular weight is 428 g/mol. The molecule has 0 fully saturated rings. The molecular weight excluding hydrogens is 400 g/mol. The summed E-state index contributed by atoms with van der Waals surface area (Å²) >= 11 is 0. The van der Waals surface area contributed by atoms with Crippen molar-refractivity contribution in [3.63, 3.8) is 0 Å². The zero-order valence-electron chi connectivity index (χ0n) is 17.8. The average Bonchev–Trinajstić information content (AvgIpc) is 2.76. The molecule has 0 saturated carbocycles. The molecule has 0 radical (unpaired) electrons. The molecule has 2 atom stereocenters. The molecule has 2 rings (SSSR count). The largest absolute Gasteiger partial charge is 0.508 e. The molecule has 0 heterocycles. The monoisotopic (exact) mass is 428 g/mol. The predicted octanol–water partition coefficient (Wildman–Crippen LogP) is 2.54. The Balaban J connectivity index is 2.00. The number of hydrogen-bond acceptors (Lipinski definition) is 6. The van der Waals surface area contributed by atoms with Crippen molar-refractivity contribution in [1.82, 2.24) is 10.6 Å². The van der Waals surface area contributed by atoms with E-state index in [1.807, 2.05) is 30.3 Å². The van der Waals surface area contributed by atoms with Crippen LogP contribution in [0, 0.1) is 5.92 Å². The number of phenols is 1. The summed E-state index contributed by atoms with van der Waals surface area (Å²) in [5.41, 5.74) is 1.55. The quantitative estimate of drug-likeness (QED) is 0.529. The number of nitrogens with one attached hydrogen (secondary N) is 2. The first kappa shape index (κ1) is 23.7. The Kier molecular flexibility index (Phi) is 8.87. The summed E-state index contributed by atoms with van der Waals surface area (Å²) in [5, 5.41) is 14.6. The minimum atomic E-state index is -0.953. The highest BCUT2D eigenvalue weighted by Crippen LogP contribution is 2.12. The minimum absolute atomic E-state index is 0.0742. The van der Waals surface area contributed by atoms with Crippen LogP contribution in [0.25, 0.3) is 0 Å². The fourth-order valence-electron chi connectivity index (χ4n) is 2.89. The molecule has 8 heteroatoms. The van der Waals surface area contributed by atoms with Crippen molar-refractivity contribution < 1.29 is 29.0 Å². The Hall–Kier alpha value is -3.55.